The third-order valence-electron chi connectivity index (χ3n) is 3.96. The monoisotopic (exact) mass is 281 g/mol. The summed E-state index contributed by atoms with van der Waals surface area (Å²) in [4.78, 5) is 0. The minimum absolute atomic E-state index is 0.237. The molecule has 1 aliphatic carbocycles. The molecule has 0 aromatic heterocycles. The van der Waals surface area contributed by atoms with Gasteiger partial charge in [0.05, 0.1) is 14.2 Å². The largest absolute Gasteiger partial charge is 0.493 e. The number of rotatable bonds is 7. The molecule has 4 heteroatoms. The maximum absolute atomic E-state index is 14.3. The first-order valence-electron chi connectivity index (χ1n) is 7.13. The van der Waals surface area contributed by atoms with E-state index in [1.54, 1.807) is 13.2 Å². The Labute approximate surface area is 120 Å². The second-order valence-electron chi connectivity index (χ2n) is 6.05. The van der Waals surface area contributed by atoms with E-state index < -0.39 is 0 Å². The van der Waals surface area contributed by atoms with Crippen LogP contribution < -0.4 is 14.8 Å². The molecule has 0 radical (unpaired) electrons. The predicted molar refractivity (Wildman–Crippen MR) is 78.2 cm³/mol. The van der Waals surface area contributed by atoms with E-state index in [-0.39, 0.29) is 11.2 Å². The van der Waals surface area contributed by atoms with E-state index >= 15 is 0 Å². The molecular weight excluding hydrogens is 257 g/mol. The molecule has 0 amide bonds. The van der Waals surface area contributed by atoms with E-state index in [1.165, 1.54) is 26.0 Å². The topological polar surface area (TPSA) is 30.5 Å². The van der Waals surface area contributed by atoms with Crippen LogP contribution in [0.4, 0.5) is 4.39 Å². The summed E-state index contributed by atoms with van der Waals surface area (Å²) in [6.45, 7) is 5.03. The van der Waals surface area contributed by atoms with E-state index in [1.807, 2.05) is 0 Å². The van der Waals surface area contributed by atoms with Gasteiger partial charge in [-0.1, -0.05) is 13.8 Å². The zero-order chi connectivity index (χ0) is 14.8. The van der Waals surface area contributed by atoms with Gasteiger partial charge in [0, 0.05) is 12.1 Å². The van der Waals surface area contributed by atoms with Gasteiger partial charge in [0.25, 0.3) is 0 Å². The Morgan fingerprint density at radius 2 is 1.80 bits per heavy atom. The maximum atomic E-state index is 14.3. The number of hydrogen-bond acceptors (Lipinski definition) is 3. The second-order valence-corrected chi connectivity index (χ2v) is 6.05. The van der Waals surface area contributed by atoms with Crippen molar-refractivity contribution in [3.05, 3.63) is 23.5 Å². The summed E-state index contributed by atoms with van der Waals surface area (Å²) in [5, 5.41) is 3.47. The summed E-state index contributed by atoms with van der Waals surface area (Å²) in [5.74, 6) is 0.770. The molecule has 1 aromatic carbocycles. The third kappa shape index (κ3) is 3.42. The van der Waals surface area contributed by atoms with E-state index in [2.05, 4.69) is 19.2 Å². The Kier molecular flexibility index (Phi) is 4.53. The van der Waals surface area contributed by atoms with Crippen LogP contribution in [0.1, 0.15) is 38.7 Å². The molecule has 0 heterocycles. The molecular formula is C16H24FNO2. The van der Waals surface area contributed by atoms with Gasteiger partial charge >= 0.3 is 0 Å². The summed E-state index contributed by atoms with van der Waals surface area (Å²) >= 11 is 0. The van der Waals surface area contributed by atoms with Gasteiger partial charge in [-0.3, -0.25) is 0 Å². The number of nitrogens with one attached hydrogen (secondary N) is 1. The van der Waals surface area contributed by atoms with Crippen molar-refractivity contribution in [1.82, 2.24) is 5.32 Å². The highest BCUT2D eigenvalue weighted by molar-refractivity contribution is 5.45. The lowest BCUT2D eigenvalue weighted by Crippen LogP contribution is -2.27. The third-order valence-corrected chi connectivity index (χ3v) is 3.96. The Morgan fingerprint density at radius 1 is 1.20 bits per heavy atom. The van der Waals surface area contributed by atoms with E-state index in [9.17, 15) is 4.39 Å². The SMILES string of the molecule is COc1cc(F)c(C(C)(C)CCNC2CC2)cc1OC. The van der Waals surface area contributed by atoms with Crippen molar-refractivity contribution in [2.24, 2.45) is 0 Å². The van der Waals surface area contributed by atoms with Crippen molar-refractivity contribution in [3.8, 4) is 11.5 Å². The number of hydrogen-bond donors (Lipinski definition) is 1. The summed E-state index contributed by atoms with van der Waals surface area (Å²) in [7, 11) is 3.09. The molecule has 3 nitrogen and oxygen atoms in total. The molecule has 0 saturated heterocycles. The van der Waals surface area contributed by atoms with Crippen LogP contribution in [0.15, 0.2) is 12.1 Å². The van der Waals surface area contributed by atoms with Crippen molar-refractivity contribution < 1.29 is 13.9 Å². The zero-order valence-corrected chi connectivity index (χ0v) is 12.8. The van der Waals surface area contributed by atoms with Crippen molar-refractivity contribution in [1.29, 1.82) is 0 Å². The molecule has 0 spiro atoms. The normalized spacial score (nSPS) is 15.2. The predicted octanol–water partition coefficient (Wildman–Crippen LogP) is 3.26. The van der Waals surface area contributed by atoms with Gasteiger partial charge in [0.2, 0.25) is 0 Å². The molecule has 1 aromatic rings. The first kappa shape index (κ1) is 15.1. The molecule has 0 aliphatic heterocycles. The van der Waals surface area contributed by atoms with E-state index in [4.69, 9.17) is 9.47 Å². The molecule has 0 bridgehead atoms. The quantitative estimate of drug-likeness (QED) is 0.832. The minimum Gasteiger partial charge on any atom is -0.493 e. The van der Waals surface area contributed by atoms with E-state index in [0.29, 0.717) is 23.1 Å². The van der Waals surface area contributed by atoms with Gasteiger partial charge in [-0.15, -0.1) is 0 Å². The highest BCUT2D eigenvalue weighted by atomic mass is 19.1. The van der Waals surface area contributed by atoms with Gasteiger partial charge in [-0.25, -0.2) is 4.39 Å². The molecule has 1 fully saturated rings. The lowest BCUT2D eigenvalue weighted by Gasteiger charge is -2.27. The lowest BCUT2D eigenvalue weighted by atomic mass is 9.81. The highest BCUT2D eigenvalue weighted by Gasteiger charge is 2.27. The fourth-order valence-electron chi connectivity index (χ4n) is 2.38. The molecule has 1 saturated carbocycles. The van der Waals surface area contributed by atoms with Gasteiger partial charge in [0.1, 0.15) is 5.82 Å². The average Bonchev–Trinajstić information content (AvgIpc) is 3.22. The summed E-state index contributed by atoms with van der Waals surface area (Å²) in [5.41, 5.74) is 0.429. The van der Waals surface area contributed by atoms with Gasteiger partial charge in [-0.2, -0.15) is 0 Å². The average molecular weight is 281 g/mol. The van der Waals surface area contributed by atoms with Crippen molar-refractivity contribution in [2.45, 2.75) is 44.6 Å². The Balaban J connectivity index is 2.15. The first-order chi connectivity index (χ1) is 9.47. The molecule has 2 rings (SSSR count). The zero-order valence-electron chi connectivity index (χ0n) is 12.8. The van der Waals surface area contributed by atoms with Crippen LogP contribution in [-0.4, -0.2) is 26.8 Å². The van der Waals surface area contributed by atoms with Gasteiger partial charge in [-0.05, 0) is 42.9 Å². The molecule has 112 valence electrons. The van der Waals surface area contributed by atoms with Crippen molar-refractivity contribution in [3.63, 3.8) is 0 Å². The fourth-order valence-corrected chi connectivity index (χ4v) is 2.38. The molecule has 0 atom stereocenters. The van der Waals surface area contributed by atoms with Crippen LogP contribution >= 0.6 is 0 Å². The van der Waals surface area contributed by atoms with E-state index in [0.717, 1.165) is 13.0 Å². The Morgan fingerprint density at radius 3 is 2.35 bits per heavy atom. The first-order valence-corrected chi connectivity index (χ1v) is 7.13. The molecule has 1 N–H and O–H groups in total. The van der Waals surface area contributed by atoms with Crippen LogP contribution in [0.2, 0.25) is 0 Å². The smallest absolute Gasteiger partial charge is 0.163 e. The number of ether oxygens (including phenoxy) is 2. The summed E-state index contributed by atoms with van der Waals surface area (Å²) in [6, 6.07) is 3.84. The second kappa shape index (κ2) is 6.00. The molecule has 20 heavy (non-hydrogen) atoms. The standard InChI is InChI=1S/C16H24FNO2/c1-16(2,7-8-18-11-5-6-11)12-9-14(19-3)15(20-4)10-13(12)17/h9-11,18H,5-8H2,1-4H3. The maximum Gasteiger partial charge on any atom is 0.163 e. The summed E-state index contributed by atoms with van der Waals surface area (Å²) in [6.07, 6.45) is 3.42. The van der Waals surface area contributed by atoms with Crippen LogP contribution in [0.5, 0.6) is 11.5 Å². The van der Waals surface area contributed by atoms with Gasteiger partial charge in [0.15, 0.2) is 11.5 Å². The summed E-state index contributed by atoms with van der Waals surface area (Å²) < 4.78 is 24.7. The van der Waals surface area contributed by atoms with Crippen LogP contribution in [-0.2, 0) is 5.41 Å². The lowest BCUT2D eigenvalue weighted by molar-refractivity contribution is 0.347. The van der Waals surface area contributed by atoms with Crippen molar-refractivity contribution >= 4 is 0 Å². The fraction of sp³-hybridized carbons (Fsp3) is 0.625. The number of methoxy groups -OCH3 is 2. The van der Waals surface area contributed by atoms with Crippen LogP contribution in [0.25, 0.3) is 0 Å². The Hall–Kier alpha value is -1.29. The van der Waals surface area contributed by atoms with Crippen LogP contribution in [0, 0.1) is 5.82 Å². The number of halogens is 1. The number of benzene rings is 1. The molecule has 0 unspecified atom stereocenters. The minimum atomic E-state index is -0.245. The highest BCUT2D eigenvalue weighted by Crippen LogP contribution is 2.37. The molecule has 1 aliphatic rings. The van der Waals surface area contributed by atoms with Crippen LogP contribution in [0.3, 0.4) is 0 Å². The Bertz CT molecular complexity index is 470. The van der Waals surface area contributed by atoms with Gasteiger partial charge < -0.3 is 14.8 Å². The van der Waals surface area contributed by atoms with Crippen molar-refractivity contribution in [2.75, 3.05) is 20.8 Å².